The van der Waals surface area contributed by atoms with Crippen LogP contribution < -0.4 is 4.74 Å². The molecule has 0 aliphatic carbocycles. The fourth-order valence-electron chi connectivity index (χ4n) is 3.11. The van der Waals surface area contributed by atoms with Crippen LogP contribution in [0.3, 0.4) is 0 Å². The van der Waals surface area contributed by atoms with Gasteiger partial charge in [0, 0.05) is 37.7 Å². The Hall–Kier alpha value is -2.93. The molecule has 0 saturated carbocycles. The van der Waals surface area contributed by atoms with Gasteiger partial charge in [0.1, 0.15) is 5.75 Å². The van der Waals surface area contributed by atoms with Crippen LogP contribution in [0.15, 0.2) is 48.5 Å². The highest BCUT2D eigenvalue weighted by Crippen LogP contribution is 2.20. The molecule has 1 N–H and O–H groups in total. The highest BCUT2D eigenvalue weighted by molar-refractivity contribution is 7.71. The molecule has 0 aliphatic rings. The molecule has 0 radical (unpaired) electrons. The molecule has 0 aliphatic heterocycles. The largest absolute Gasteiger partial charge is 0.496 e. The molecule has 1 heterocycles. The van der Waals surface area contributed by atoms with Gasteiger partial charge in [0.15, 0.2) is 10.6 Å². The van der Waals surface area contributed by atoms with Gasteiger partial charge >= 0.3 is 0 Å². The van der Waals surface area contributed by atoms with Crippen molar-refractivity contribution >= 4 is 18.1 Å². The molecule has 146 valence electrons. The van der Waals surface area contributed by atoms with Gasteiger partial charge in [-0.1, -0.05) is 42.0 Å². The number of aromatic nitrogens is 3. The third kappa shape index (κ3) is 4.48. The molecule has 0 atom stereocenters. The van der Waals surface area contributed by atoms with E-state index in [0.717, 1.165) is 28.3 Å². The van der Waals surface area contributed by atoms with E-state index in [9.17, 15) is 4.79 Å². The summed E-state index contributed by atoms with van der Waals surface area (Å²) in [7, 11) is 3.43. The van der Waals surface area contributed by atoms with Crippen LogP contribution in [0.1, 0.15) is 17.5 Å². The Labute approximate surface area is 169 Å². The van der Waals surface area contributed by atoms with Crippen molar-refractivity contribution in [3.8, 4) is 17.1 Å². The molecule has 0 bridgehead atoms. The average molecular weight is 397 g/mol. The first-order valence-corrected chi connectivity index (χ1v) is 9.48. The van der Waals surface area contributed by atoms with Crippen molar-refractivity contribution in [2.45, 2.75) is 26.4 Å². The molecule has 6 nitrogen and oxygen atoms in total. The molecule has 0 unspecified atom stereocenters. The van der Waals surface area contributed by atoms with Gasteiger partial charge in [0.25, 0.3) is 0 Å². The van der Waals surface area contributed by atoms with E-state index < -0.39 is 0 Å². The number of nitrogens with one attached hydrogen (secondary N) is 1. The zero-order valence-corrected chi connectivity index (χ0v) is 17.1. The molecule has 2 aromatic carbocycles. The van der Waals surface area contributed by atoms with E-state index in [2.05, 4.69) is 16.3 Å². The first-order valence-electron chi connectivity index (χ1n) is 9.07. The second-order valence-corrected chi connectivity index (χ2v) is 7.07. The molecular weight excluding hydrogens is 372 g/mol. The molecule has 1 amide bonds. The SMILES string of the molecule is COc1ccccc1CN(C)C(=O)CCn1c(-c2cccc(C)c2)n[nH]c1=S. The Morgan fingerprint density at radius 2 is 2.04 bits per heavy atom. The van der Waals surface area contributed by atoms with Crippen LogP contribution in [0.25, 0.3) is 11.4 Å². The van der Waals surface area contributed by atoms with Crippen LogP contribution in [0.2, 0.25) is 0 Å². The van der Waals surface area contributed by atoms with Gasteiger partial charge in [-0.15, -0.1) is 0 Å². The molecule has 0 spiro atoms. The third-order valence-electron chi connectivity index (χ3n) is 4.61. The topological polar surface area (TPSA) is 63.1 Å². The molecule has 0 fully saturated rings. The quantitative estimate of drug-likeness (QED) is 0.614. The number of aromatic amines is 1. The molecular formula is C21H24N4O2S. The number of para-hydroxylation sites is 1. The lowest BCUT2D eigenvalue weighted by Crippen LogP contribution is -2.27. The van der Waals surface area contributed by atoms with Gasteiger partial charge < -0.3 is 9.64 Å². The minimum Gasteiger partial charge on any atom is -0.496 e. The Bertz CT molecular complexity index is 1020. The van der Waals surface area contributed by atoms with Crippen LogP contribution in [-0.4, -0.2) is 39.7 Å². The van der Waals surface area contributed by atoms with Crippen LogP contribution in [0.4, 0.5) is 0 Å². The minimum atomic E-state index is 0.0317. The van der Waals surface area contributed by atoms with Crippen molar-refractivity contribution < 1.29 is 9.53 Å². The highest BCUT2D eigenvalue weighted by Gasteiger charge is 2.14. The number of benzene rings is 2. The molecule has 3 aromatic rings. The van der Waals surface area contributed by atoms with E-state index >= 15 is 0 Å². The second-order valence-electron chi connectivity index (χ2n) is 6.69. The zero-order valence-electron chi connectivity index (χ0n) is 16.3. The number of rotatable bonds is 7. The Morgan fingerprint density at radius 1 is 1.25 bits per heavy atom. The second kappa shape index (κ2) is 8.84. The lowest BCUT2D eigenvalue weighted by molar-refractivity contribution is -0.130. The Morgan fingerprint density at radius 3 is 2.79 bits per heavy atom. The van der Waals surface area contributed by atoms with Gasteiger partial charge in [0.05, 0.1) is 7.11 Å². The van der Waals surface area contributed by atoms with Gasteiger partial charge in [-0.2, -0.15) is 5.10 Å². The summed E-state index contributed by atoms with van der Waals surface area (Å²) in [4.78, 5) is 14.4. The summed E-state index contributed by atoms with van der Waals surface area (Å²) in [6.07, 6.45) is 0.332. The van der Waals surface area contributed by atoms with Crippen molar-refractivity contribution in [2.75, 3.05) is 14.2 Å². The maximum absolute atomic E-state index is 12.7. The summed E-state index contributed by atoms with van der Waals surface area (Å²) in [6, 6.07) is 15.8. The number of ether oxygens (including phenoxy) is 1. The maximum Gasteiger partial charge on any atom is 0.224 e. The van der Waals surface area contributed by atoms with Crippen molar-refractivity contribution in [2.24, 2.45) is 0 Å². The number of amides is 1. The standard InChI is InChI=1S/C21H24N4O2S/c1-15-7-6-9-16(13-15)20-22-23-21(28)25(20)12-11-19(26)24(2)14-17-8-4-5-10-18(17)27-3/h4-10,13H,11-12,14H2,1-3H3,(H,23,28). The van der Waals surface area contributed by atoms with Gasteiger partial charge in [-0.25, -0.2) is 0 Å². The predicted octanol–water partition coefficient (Wildman–Crippen LogP) is 3.97. The molecule has 0 saturated heterocycles. The van der Waals surface area contributed by atoms with E-state index in [1.165, 1.54) is 0 Å². The smallest absolute Gasteiger partial charge is 0.224 e. The fourth-order valence-corrected chi connectivity index (χ4v) is 3.33. The Kier molecular flexibility index (Phi) is 6.26. The summed E-state index contributed by atoms with van der Waals surface area (Å²) < 4.78 is 7.75. The first kappa shape index (κ1) is 19.8. The van der Waals surface area contributed by atoms with Crippen LogP contribution in [0.5, 0.6) is 5.75 Å². The highest BCUT2D eigenvalue weighted by atomic mass is 32.1. The number of methoxy groups -OCH3 is 1. The van der Waals surface area contributed by atoms with E-state index in [-0.39, 0.29) is 5.91 Å². The molecule has 7 heteroatoms. The number of hydrogen-bond donors (Lipinski definition) is 1. The number of carbonyl (C=O) groups excluding carboxylic acids is 1. The van der Waals surface area contributed by atoms with Crippen molar-refractivity contribution in [3.05, 3.63) is 64.4 Å². The predicted molar refractivity (Wildman–Crippen MR) is 112 cm³/mol. The lowest BCUT2D eigenvalue weighted by atomic mass is 10.1. The zero-order chi connectivity index (χ0) is 20.1. The summed E-state index contributed by atoms with van der Waals surface area (Å²) in [5, 5.41) is 7.18. The number of hydrogen-bond acceptors (Lipinski definition) is 4. The Balaban J connectivity index is 1.70. The van der Waals surface area contributed by atoms with E-state index in [0.29, 0.717) is 24.3 Å². The van der Waals surface area contributed by atoms with Gasteiger partial charge in [0.2, 0.25) is 5.91 Å². The molecule has 28 heavy (non-hydrogen) atoms. The van der Waals surface area contributed by atoms with E-state index in [4.69, 9.17) is 17.0 Å². The molecule has 1 aromatic heterocycles. The first-order chi connectivity index (χ1) is 13.5. The average Bonchev–Trinajstić information content (AvgIpc) is 3.07. The minimum absolute atomic E-state index is 0.0317. The van der Waals surface area contributed by atoms with Crippen molar-refractivity contribution in [1.82, 2.24) is 19.7 Å². The summed E-state index contributed by atoms with van der Waals surface area (Å²) in [5.74, 6) is 1.55. The number of aryl methyl sites for hydroxylation is 1. The van der Waals surface area contributed by atoms with Crippen molar-refractivity contribution in [1.29, 1.82) is 0 Å². The van der Waals surface area contributed by atoms with Crippen LogP contribution in [-0.2, 0) is 17.9 Å². The third-order valence-corrected chi connectivity index (χ3v) is 4.92. The number of carbonyl (C=O) groups is 1. The van der Waals surface area contributed by atoms with Crippen LogP contribution >= 0.6 is 12.2 Å². The molecule has 3 rings (SSSR count). The van der Waals surface area contributed by atoms with Gasteiger partial charge in [-0.05, 0) is 31.3 Å². The lowest BCUT2D eigenvalue weighted by Gasteiger charge is -2.19. The fraction of sp³-hybridized carbons (Fsp3) is 0.286. The van der Waals surface area contributed by atoms with Crippen molar-refractivity contribution in [3.63, 3.8) is 0 Å². The summed E-state index contributed by atoms with van der Waals surface area (Å²) in [5.41, 5.74) is 3.09. The monoisotopic (exact) mass is 396 g/mol. The van der Waals surface area contributed by atoms with E-state index in [1.807, 2.05) is 54.0 Å². The summed E-state index contributed by atoms with van der Waals surface area (Å²) in [6.45, 7) is 2.99. The van der Waals surface area contributed by atoms with E-state index in [1.54, 1.807) is 19.1 Å². The van der Waals surface area contributed by atoms with Crippen LogP contribution in [0, 0.1) is 11.7 Å². The summed E-state index contributed by atoms with van der Waals surface area (Å²) >= 11 is 5.36. The maximum atomic E-state index is 12.7. The number of nitrogens with zero attached hydrogens (tertiary/aromatic N) is 3. The normalized spacial score (nSPS) is 10.7. The number of H-pyrrole nitrogens is 1. The van der Waals surface area contributed by atoms with Gasteiger partial charge in [-0.3, -0.25) is 14.5 Å².